The maximum absolute atomic E-state index is 12.3. The summed E-state index contributed by atoms with van der Waals surface area (Å²) in [4.78, 5) is 9.40. The number of pyridine rings is 1. The van der Waals surface area contributed by atoms with Crippen LogP contribution in [-0.2, 0) is 6.18 Å². The van der Waals surface area contributed by atoms with Gasteiger partial charge in [0, 0.05) is 7.05 Å². The van der Waals surface area contributed by atoms with Crippen molar-refractivity contribution in [3.63, 3.8) is 0 Å². The number of imidazole rings is 1. The van der Waals surface area contributed by atoms with Gasteiger partial charge in [-0.3, -0.25) is 0 Å². The summed E-state index contributed by atoms with van der Waals surface area (Å²) in [5.41, 5.74) is 0.315. The molecule has 0 radical (unpaired) electrons. The summed E-state index contributed by atoms with van der Waals surface area (Å²) in [6.45, 7) is 0. The lowest BCUT2D eigenvalue weighted by molar-refractivity contribution is -0.144. The van der Waals surface area contributed by atoms with Crippen LogP contribution in [-0.4, -0.2) is 22.0 Å². The number of alkyl halides is 3. The number of fused-ring (bicyclic) bond motifs is 1. The molecular formula is C8H7F3N4. The number of anilines is 1. The van der Waals surface area contributed by atoms with E-state index in [1.807, 2.05) is 0 Å². The second-order valence-corrected chi connectivity index (χ2v) is 2.90. The molecule has 2 N–H and O–H groups in total. The second-order valence-electron chi connectivity index (χ2n) is 2.90. The number of nitrogens with zero attached hydrogens (tertiary/aromatic N) is 2. The van der Waals surface area contributed by atoms with Gasteiger partial charge >= 0.3 is 6.18 Å². The number of aromatic amines is 1. The summed E-state index contributed by atoms with van der Waals surface area (Å²) >= 11 is 0. The first-order chi connectivity index (χ1) is 7.00. The maximum atomic E-state index is 12.3. The van der Waals surface area contributed by atoms with E-state index >= 15 is 0 Å². The number of hydrogen-bond donors (Lipinski definition) is 2. The Morgan fingerprint density at radius 3 is 2.60 bits per heavy atom. The fourth-order valence-electron chi connectivity index (χ4n) is 1.17. The van der Waals surface area contributed by atoms with E-state index in [-0.39, 0.29) is 11.2 Å². The third kappa shape index (κ3) is 1.72. The van der Waals surface area contributed by atoms with Crippen molar-refractivity contribution in [2.45, 2.75) is 6.18 Å². The highest BCUT2D eigenvalue weighted by Gasteiger charge is 2.34. The van der Waals surface area contributed by atoms with Gasteiger partial charge in [0.1, 0.15) is 5.82 Å². The number of H-pyrrole nitrogens is 1. The van der Waals surface area contributed by atoms with E-state index in [2.05, 4.69) is 20.3 Å². The van der Waals surface area contributed by atoms with Crippen molar-refractivity contribution in [1.82, 2.24) is 15.0 Å². The number of hydrogen-bond acceptors (Lipinski definition) is 3. The largest absolute Gasteiger partial charge is 0.449 e. The van der Waals surface area contributed by atoms with Crippen molar-refractivity contribution in [3.8, 4) is 0 Å². The zero-order chi connectivity index (χ0) is 11.1. The summed E-state index contributed by atoms with van der Waals surface area (Å²) < 4.78 is 36.8. The predicted molar refractivity (Wildman–Crippen MR) is 48.4 cm³/mol. The van der Waals surface area contributed by atoms with Crippen LogP contribution in [0.2, 0.25) is 0 Å². The molecule has 7 heteroatoms. The van der Waals surface area contributed by atoms with Crippen molar-refractivity contribution in [1.29, 1.82) is 0 Å². The molecule has 15 heavy (non-hydrogen) atoms. The van der Waals surface area contributed by atoms with Crippen molar-refractivity contribution in [2.75, 3.05) is 12.4 Å². The van der Waals surface area contributed by atoms with Gasteiger partial charge in [-0.1, -0.05) is 0 Å². The van der Waals surface area contributed by atoms with Crippen molar-refractivity contribution >= 4 is 17.0 Å². The first-order valence-electron chi connectivity index (χ1n) is 4.12. The Kier molecular flexibility index (Phi) is 2.02. The molecule has 0 amide bonds. The maximum Gasteiger partial charge on any atom is 0.449 e. The molecule has 0 atom stereocenters. The minimum absolute atomic E-state index is 0.0502. The van der Waals surface area contributed by atoms with E-state index in [0.29, 0.717) is 5.82 Å². The van der Waals surface area contributed by atoms with Gasteiger partial charge in [-0.2, -0.15) is 13.2 Å². The standard InChI is InChI=1S/C8H7F3N4/c1-12-5-3-2-4-6(14-5)15-7(13-4)8(9,10)11/h2-3H,1H3,(H2,12,13,14,15). The molecule has 0 bridgehead atoms. The smallest absolute Gasteiger partial charge is 0.373 e. The van der Waals surface area contributed by atoms with Crippen LogP contribution in [0.15, 0.2) is 12.1 Å². The molecule has 2 heterocycles. The fourth-order valence-corrected chi connectivity index (χ4v) is 1.17. The first-order valence-corrected chi connectivity index (χ1v) is 4.12. The fraction of sp³-hybridized carbons (Fsp3) is 0.250. The van der Waals surface area contributed by atoms with E-state index < -0.39 is 12.0 Å². The molecule has 2 rings (SSSR count). The van der Waals surface area contributed by atoms with Crippen molar-refractivity contribution < 1.29 is 13.2 Å². The minimum Gasteiger partial charge on any atom is -0.373 e. The Morgan fingerprint density at radius 1 is 1.27 bits per heavy atom. The lowest BCUT2D eigenvalue weighted by atomic mass is 10.4. The lowest BCUT2D eigenvalue weighted by Crippen LogP contribution is -2.06. The van der Waals surface area contributed by atoms with E-state index in [1.54, 1.807) is 13.1 Å². The molecule has 0 aromatic carbocycles. The summed E-state index contributed by atoms with van der Waals surface area (Å²) in [7, 11) is 1.63. The molecule has 0 saturated heterocycles. The van der Waals surface area contributed by atoms with Crippen molar-refractivity contribution in [3.05, 3.63) is 18.0 Å². The Balaban J connectivity index is 2.56. The second kappa shape index (κ2) is 3.11. The first kappa shape index (κ1) is 9.75. The van der Waals surface area contributed by atoms with E-state index in [0.717, 1.165) is 0 Å². The zero-order valence-electron chi connectivity index (χ0n) is 7.68. The number of halogens is 3. The van der Waals surface area contributed by atoms with Crippen molar-refractivity contribution in [2.24, 2.45) is 0 Å². The Labute approximate surface area is 82.5 Å². The molecule has 2 aromatic rings. The molecule has 0 aliphatic heterocycles. The third-order valence-electron chi connectivity index (χ3n) is 1.87. The number of rotatable bonds is 1. The van der Waals surface area contributed by atoms with Gasteiger partial charge in [0.2, 0.25) is 5.82 Å². The van der Waals surface area contributed by atoms with Crippen LogP contribution in [0.1, 0.15) is 5.82 Å². The molecule has 2 aromatic heterocycles. The van der Waals surface area contributed by atoms with Crippen LogP contribution in [0.4, 0.5) is 19.0 Å². The van der Waals surface area contributed by atoms with Crippen LogP contribution in [0.5, 0.6) is 0 Å². The lowest BCUT2D eigenvalue weighted by Gasteiger charge is -1.98. The molecule has 0 aliphatic rings. The Bertz CT molecular complexity index is 488. The third-order valence-corrected chi connectivity index (χ3v) is 1.87. The molecule has 0 saturated carbocycles. The highest BCUT2D eigenvalue weighted by atomic mass is 19.4. The monoisotopic (exact) mass is 216 g/mol. The summed E-state index contributed by atoms with van der Waals surface area (Å²) in [5, 5.41) is 2.72. The number of aromatic nitrogens is 3. The Morgan fingerprint density at radius 2 is 2.00 bits per heavy atom. The van der Waals surface area contributed by atoms with Crippen LogP contribution >= 0.6 is 0 Å². The van der Waals surface area contributed by atoms with Crippen LogP contribution in [0.3, 0.4) is 0 Å². The predicted octanol–water partition coefficient (Wildman–Crippen LogP) is 2.02. The van der Waals surface area contributed by atoms with Gasteiger partial charge in [0.05, 0.1) is 5.52 Å². The molecular weight excluding hydrogens is 209 g/mol. The van der Waals surface area contributed by atoms with Gasteiger partial charge in [0.25, 0.3) is 0 Å². The van der Waals surface area contributed by atoms with Gasteiger partial charge in [0.15, 0.2) is 5.65 Å². The van der Waals surface area contributed by atoms with Gasteiger partial charge in [-0.25, -0.2) is 9.97 Å². The SMILES string of the molecule is CNc1ccc2[nH]c(C(F)(F)F)nc2n1. The summed E-state index contributed by atoms with van der Waals surface area (Å²) in [6, 6.07) is 3.07. The molecule has 0 spiro atoms. The molecule has 0 unspecified atom stereocenters. The van der Waals surface area contributed by atoms with Crippen LogP contribution in [0, 0.1) is 0 Å². The average molecular weight is 216 g/mol. The van der Waals surface area contributed by atoms with E-state index in [1.165, 1.54) is 6.07 Å². The molecule has 4 nitrogen and oxygen atoms in total. The summed E-state index contributed by atoms with van der Waals surface area (Å²) in [6.07, 6.45) is -4.47. The van der Waals surface area contributed by atoms with Gasteiger partial charge in [-0.15, -0.1) is 0 Å². The topological polar surface area (TPSA) is 53.6 Å². The molecule has 0 fully saturated rings. The normalized spacial score (nSPS) is 12.0. The van der Waals surface area contributed by atoms with E-state index in [9.17, 15) is 13.2 Å². The summed E-state index contributed by atoms with van der Waals surface area (Å²) in [5.74, 6) is -0.555. The minimum atomic E-state index is -4.47. The number of nitrogens with one attached hydrogen (secondary N) is 2. The average Bonchev–Trinajstić information content (AvgIpc) is 2.59. The van der Waals surface area contributed by atoms with E-state index in [4.69, 9.17) is 0 Å². The zero-order valence-corrected chi connectivity index (χ0v) is 7.68. The Hall–Kier alpha value is -1.79. The van der Waals surface area contributed by atoms with Crippen LogP contribution < -0.4 is 5.32 Å². The molecule has 80 valence electrons. The van der Waals surface area contributed by atoms with Crippen LogP contribution in [0.25, 0.3) is 11.2 Å². The highest BCUT2D eigenvalue weighted by molar-refractivity contribution is 5.72. The highest BCUT2D eigenvalue weighted by Crippen LogP contribution is 2.28. The van der Waals surface area contributed by atoms with Gasteiger partial charge < -0.3 is 10.3 Å². The van der Waals surface area contributed by atoms with Gasteiger partial charge in [-0.05, 0) is 12.1 Å². The quantitative estimate of drug-likeness (QED) is 0.766. The molecule has 0 aliphatic carbocycles.